The first kappa shape index (κ1) is 13.2. The highest BCUT2D eigenvalue weighted by atomic mass is 32.2. The van der Waals surface area contributed by atoms with Gasteiger partial charge >= 0.3 is 0 Å². The highest BCUT2D eigenvalue weighted by Crippen LogP contribution is 2.20. The predicted molar refractivity (Wildman–Crippen MR) is 62.6 cm³/mol. The molecule has 1 heterocycles. The molecule has 1 N–H and O–H groups in total. The number of aromatic amines is 1. The topological polar surface area (TPSA) is 66.1 Å². The van der Waals surface area contributed by atoms with Crippen molar-refractivity contribution in [1.29, 1.82) is 0 Å². The van der Waals surface area contributed by atoms with E-state index in [1.807, 2.05) is 20.8 Å². The lowest BCUT2D eigenvalue weighted by Gasteiger charge is -2.26. The predicted octanol–water partition coefficient (Wildman–Crippen LogP) is 1.38. The minimum absolute atomic E-state index is 0.0423. The van der Waals surface area contributed by atoms with Crippen LogP contribution < -0.4 is 0 Å². The average molecular weight is 245 g/mol. The molecule has 1 rings (SSSR count). The highest BCUT2D eigenvalue weighted by Gasteiger charge is 2.29. The number of sulfonamides is 1. The van der Waals surface area contributed by atoms with E-state index in [2.05, 4.69) is 10.2 Å². The van der Waals surface area contributed by atoms with E-state index in [4.69, 9.17) is 0 Å². The third kappa shape index (κ3) is 2.27. The van der Waals surface area contributed by atoms with Gasteiger partial charge in [0.05, 0.1) is 11.9 Å². The van der Waals surface area contributed by atoms with Crippen molar-refractivity contribution < 1.29 is 8.42 Å². The second-order valence-corrected chi connectivity index (χ2v) is 6.33. The zero-order chi connectivity index (χ0) is 12.5. The van der Waals surface area contributed by atoms with Gasteiger partial charge < -0.3 is 0 Å². The van der Waals surface area contributed by atoms with Gasteiger partial charge in [-0.3, -0.25) is 5.10 Å². The summed E-state index contributed by atoms with van der Waals surface area (Å²) in [5.41, 5.74) is 0.572. The number of aromatic nitrogens is 2. The Morgan fingerprint density at radius 1 is 1.38 bits per heavy atom. The molecule has 0 saturated heterocycles. The number of nitrogens with one attached hydrogen (secondary N) is 1. The van der Waals surface area contributed by atoms with Gasteiger partial charge in [-0.2, -0.15) is 9.40 Å². The molecule has 0 aliphatic rings. The van der Waals surface area contributed by atoms with Crippen molar-refractivity contribution in [3.63, 3.8) is 0 Å². The first-order chi connectivity index (χ1) is 7.28. The Morgan fingerprint density at radius 3 is 2.31 bits per heavy atom. The summed E-state index contributed by atoms with van der Waals surface area (Å²) in [6, 6.07) is -0.0423. The van der Waals surface area contributed by atoms with Crippen LogP contribution in [0.25, 0.3) is 0 Å². The molecule has 1 atom stereocenters. The summed E-state index contributed by atoms with van der Waals surface area (Å²) < 4.78 is 25.9. The fraction of sp³-hybridized carbons (Fsp3) is 0.700. The summed E-state index contributed by atoms with van der Waals surface area (Å²) in [6.45, 7) is 7.60. The smallest absolute Gasteiger partial charge is 0.246 e. The maximum atomic E-state index is 12.2. The zero-order valence-electron chi connectivity index (χ0n) is 10.4. The van der Waals surface area contributed by atoms with Gasteiger partial charge in [-0.15, -0.1) is 0 Å². The van der Waals surface area contributed by atoms with Crippen molar-refractivity contribution in [2.24, 2.45) is 5.92 Å². The molecule has 0 radical (unpaired) electrons. The number of nitrogens with zero attached hydrogens (tertiary/aromatic N) is 2. The van der Waals surface area contributed by atoms with Crippen molar-refractivity contribution in [2.45, 2.75) is 38.6 Å². The summed E-state index contributed by atoms with van der Waals surface area (Å²) in [7, 11) is -1.83. The van der Waals surface area contributed by atoms with Crippen LogP contribution in [0.1, 0.15) is 26.5 Å². The number of hydrogen-bond acceptors (Lipinski definition) is 3. The van der Waals surface area contributed by atoms with Crippen molar-refractivity contribution in [2.75, 3.05) is 7.05 Å². The van der Waals surface area contributed by atoms with Crippen LogP contribution in [-0.2, 0) is 10.0 Å². The Balaban J connectivity index is 3.09. The molecule has 1 aromatic rings. The lowest BCUT2D eigenvalue weighted by atomic mass is 10.1. The number of aryl methyl sites for hydroxylation is 1. The van der Waals surface area contributed by atoms with Crippen molar-refractivity contribution >= 4 is 10.0 Å². The summed E-state index contributed by atoms with van der Waals surface area (Å²) in [4.78, 5) is 0.252. The zero-order valence-corrected chi connectivity index (χ0v) is 11.2. The normalized spacial score (nSPS) is 14.7. The fourth-order valence-electron chi connectivity index (χ4n) is 1.39. The standard InChI is InChI=1S/C10H19N3O2S/c1-7(2)9(4)13(5)16(14,15)10-6-11-12-8(10)3/h6-7,9H,1-5H3,(H,11,12). The summed E-state index contributed by atoms with van der Waals surface area (Å²) >= 11 is 0. The Hall–Kier alpha value is -0.880. The molecule has 6 heteroatoms. The van der Waals surface area contributed by atoms with Crippen LogP contribution in [0, 0.1) is 12.8 Å². The highest BCUT2D eigenvalue weighted by molar-refractivity contribution is 7.89. The third-order valence-electron chi connectivity index (χ3n) is 2.98. The van der Waals surface area contributed by atoms with Gasteiger partial charge in [0.25, 0.3) is 0 Å². The van der Waals surface area contributed by atoms with Gasteiger partial charge in [0.15, 0.2) is 0 Å². The van der Waals surface area contributed by atoms with Gasteiger partial charge in [0, 0.05) is 13.1 Å². The molecule has 0 amide bonds. The van der Waals surface area contributed by atoms with Gasteiger partial charge in [0.1, 0.15) is 4.90 Å². The lowest BCUT2D eigenvalue weighted by Crippen LogP contribution is -2.38. The quantitative estimate of drug-likeness (QED) is 0.871. The summed E-state index contributed by atoms with van der Waals surface area (Å²) in [5.74, 6) is 0.270. The largest absolute Gasteiger partial charge is 0.281 e. The van der Waals surface area contributed by atoms with E-state index < -0.39 is 10.0 Å². The van der Waals surface area contributed by atoms with E-state index >= 15 is 0 Å². The average Bonchev–Trinajstić information content (AvgIpc) is 2.62. The molecule has 0 fully saturated rings. The molecule has 0 aliphatic carbocycles. The maximum Gasteiger partial charge on any atom is 0.246 e. The third-order valence-corrected chi connectivity index (χ3v) is 5.04. The molecular weight excluding hydrogens is 226 g/mol. The molecule has 1 unspecified atom stereocenters. The van der Waals surface area contributed by atoms with Gasteiger partial charge in [-0.05, 0) is 19.8 Å². The monoisotopic (exact) mass is 245 g/mol. The summed E-state index contributed by atoms with van der Waals surface area (Å²) in [5, 5.41) is 6.39. The molecule has 16 heavy (non-hydrogen) atoms. The second-order valence-electron chi connectivity index (χ2n) is 4.37. The molecular formula is C10H19N3O2S. The minimum atomic E-state index is -3.43. The van der Waals surface area contributed by atoms with Crippen LogP contribution in [0.15, 0.2) is 11.1 Å². The van der Waals surface area contributed by atoms with Crippen molar-refractivity contribution in [3.8, 4) is 0 Å². The van der Waals surface area contributed by atoms with E-state index in [1.165, 1.54) is 10.5 Å². The number of H-pyrrole nitrogens is 1. The lowest BCUT2D eigenvalue weighted by molar-refractivity contribution is 0.315. The van der Waals surface area contributed by atoms with E-state index in [0.717, 1.165) is 0 Å². The van der Waals surface area contributed by atoms with E-state index in [9.17, 15) is 8.42 Å². The van der Waals surface area contributed by atoms with E-state index in [0.29, 0.717) is 5.69 Å². The van der Waals surface area contributed by atoms with Crippen molar-refractivity contribution in [1.82, 2.24) is 14.5 Å². The molecule has 0 aromatic carbocycles. The van der Waals surface area contributed by atoms with Crippen molar-refractivity contribution in [3.05, 3.63) is 11.9 Å². The SMILES string of the molecule is Cc1[nH]ncc1S(=O)(=O)N(C)C(C)C(C)C. The van der Waals surface area contributed by atoms with Crippen LogP contribution in [0.3, 0.4) is 0 Å². The van der Waals surface area contributed by atoms with Gasteiger partial charge in [-0.25, -0.2) is 8.42 Å². The van der Waals surface area contributed by atoms with Gasteiger partial charge in [-0.1, -0.05) is 13.8 Å². The van der Waals surface area contributed by atoms with Gasteiger partial charge in [0.2, 0.25) is 10.0 Å². The van der Waals surface area contributed by atoms with Crippen LogP contribution in [0.4, 0.5) is 0 Å². The first-order valence-corrected chi connectivity index (χ1v) is 6.70. The van der Waals surface area contributed by atoms with E-state index in [-0.39, 0.29) is 16.9 Å². The molecule has 0 aliphatic heterocycles. The number of hydrogen-bond donors (Lipinski definition) is 1. The molecule has 0 spiro atoms. The molecule has 92 valence electrons. The second kappa shape index (κ2) is 4.55. The molecule has 5 nitrogen and oxygen atoms in total. The Morgan fingerprint density at radius 2 is 1.94 bits per heavy atom. The minimum Gasteiger partial charge on any atom is -0.281 e. The van der Waals surface area contributed by atoms with Crippen LogP contribution >= 0.6 is 0 Å². The molecule has 1 aromatic heterocycles. The Kier molecular flexibility index (Phi) is 3.75. The van der Waals surface area contributed by atoms with E-state index in [1.54, 1.807) is 14.0 Å². The molecule has 0 saturated carbocycles. The number of rotatable bonds is 4. The van der Waals surface area contributed by atoms with Crippen LogP contribution in [-0.4, -0.2) is 36.0 Å². The van der Waals surface area contributed by atoms with Crippen LogP contribution in [0.2, 0.25) is 0 Å². The maximum absolute atomic E-state index is 12.2. The fourth-order valence-corrected chi connectivity index (χ4v) is 3.00. The van der Waals surface area contributed by atoms with Crippen LogP contribution in [0.5, 0.6) is 0 Å². The first-order valence-electron chi connectivity index (χ1n) is 5.26. The Bertz CT molecular complexity index is 450. The summed E-state index contributed by atoms with van der Waals surface area (Å²) in [6.07, 6.45) is 1.36. The Labute approximate surface area is 96.9 Å². The molecule has 0 bridgehead atoms.